The third kappa shape index (κ3) is 2.48. The first-order valence-electron chi connectivity index (χ1n) is 1.38. The maximum Gasteiger partial charge on any atom is 0.155 e. The maximum atomic E-state index is 4.55. The van der Waals surface area contributed by atoms with E-state index in [9.17, 15) is 0 Å². The highest BCUT2D eigenvalue weighted by Crippen LogP contribution is 1.99. The number of ether oxygens (including phenoxy) is 1. The molecule has 0 radical (unpaired) electrons. The zero-order valence-electron chi connectivity index (χ0n) is 3.38. The predicted molar refractivity (Wildman–Crippen MR) is 33.1 cm³/mol. The lowest BCUT2D eigenvalue weighted by Gasteiger charge is -1.89. The topological polar surface area (TPSA) is 9.23 Å². The molecule has 0 bridgehead atoms. The highest BCUT2D eigenvalue weighted by atomic mass is 32.1. The molecule has 0 saturated carbocycles. The Kier molecular flexibility index (Phi) is 3.57. The van der Waals surface area contributed by atoms with Crippen LogP contribution in [0, 0.1) is 0 Å². The van der Waals surface area contributed by atoms with E-state index in [0.717, 1.165) is 0 Å². The van der Waals surface area contributed by atoms with Gasteiger partial charge in [0.15, 0.2) is 5.09 Å². The lowest BCUT2D eigenvalue weighted by atomic mass is 11.1. The van der Waals surface area contributed by atoms with Crippen molar-refractivity contribution in [2.45, 2.75) is 0 Å². The number of thiol groups is 2. The van der Waals surface area contributed by atoms with E-state index in [1.165, 1.54) is 12.5 Å². The van der Waals surface area contributed by atoms with Gasteiger partial charge in [0.2, 0.25) is 0 Å². The molecule has 6 heavy (non-hydrogen) atoms. The third-order valence-electron chi connectivity index (χ3n) is 0.320. The van der Waals surface area contributed by atoms with Crippen molar-refractivity contribution in [3.8, 4) is 0 Å². The quantitative estimate of drug-likeness (QED) is 0.393. The van der Waals surface area contributed by atoms with Crippen LogP contribution >= 0.6 is 25.3 Å². The molecule has 0 unspecified atom stereocenters. The summed E-state index contributed by atoms with van der Waals surface area (Å²) < 4.78 is 4.55. The lowest BCUT2D eigenvalue weighted by molar-refractivity contribution is 0.327. The van der Waals surface area contributed by atoms with E-state index in [-0.39, 0.29) is 0 Å². The van der Waals surface area contributed by atoms with Gasteiger partial charge in [0.25, 0.3) is 0 Å². The van der Waals surface area contributed by atoms with Crippen molar-refractivity contribution in [2.24, 2.45) is 0 Å². The van der Waals surface area contributed by atoms with Crippen molar-refractivity contribution in [2.75, 3.05) is 7.11 Å². The van der Waals surface area contributed by atoms with Crippen molar-refractivity contribution < 1.29 is 4.74 Å². The number of hydrogen-bond donors (Lipinski definition) is 2. The molecule has 0 saturated heterocycles. The second-order valence-corrected chi connectivity index (χ2v) is 1.37. The zero-order valence-corrected chi connectivity index (χ0v) is 5.17. The van der Waals surface area contributed by atoms with Gasteiger partial charge in [-0.3, -0.25) is 0 Å². The summed E-state index contributed by atoms with van der Waals surface area (Å²) in [5.74, 6) is 0. The summed E-state index contributed by atoms with van der Waals surface area (Å²) in [5.41, 5.74) is 0. The monoisotopic (exact) mass is 122 g/mol. The minimum atomic E-state index is 0.526. The molecular formula is C3H6OS2. The zero-order chi connectivity index (χ0) is 4.99. The molecule has 0 fully saturated rings. The van der Waals surface area contributed by atoms with Crippen molar-refractivity contribution in [1.29, 1.82) is 0 Å². The minimum Gasteiger partial charge on any atom is -0.490 e. The molecule has 0 aromatic rings. The Balaban J connectivity index is 3.22. The average Bonchev–Trinajstić information content (AvgIpc) is 1.65. The van der Waals surface area contributed by atoms with Crippen LogP contribution in [0.5, 0.6) is 0 Å². The van der Waals surface area contributed by atoms with Crippen LogP contribution in [0.2, 0.25) is 0 Å². The first-order valence-corrected chi connectivity index (χ1v) is 2.35. The van der Waals surface area contributed by atoms with Crippen molar-refractivity contribution in [3.63, 3.8) is 0 Å². The van der Waals surface area contributed by atoms with Gasteiger partial charge in [0.05, 0.1) is 7.11 Å². The van der Waals surface area contributed by atoms with Gasteiger partial charge in [-0.1, -0.05) is 0 Å². The molecule has 0 aliphatic carbocycles. The normalized spacial score (nSPS) is 11.5. The summed E-state index contributed by atoms with van der Waals surface area (Å²) in [6.45, 7) is 0. The van der Waals surface area contributed by atoms with Crippen LogP contribution in [0.15, 0.2) is 10.5 Å². The van der Waals surface area contributed by atoms with Gasteiger partial charge >= 0.3 is 0 Å². The van der Waals surface area contributed by atoms with Crippen LogP contribution in [0.4, 0.5) is 0 Å². The highest BCUT2D eigenvalue weighted by Gasteiger charge is 1.74. The standard InChI is InChI=1S/C3H6OS2/c1-4-3(6)2-5/h2,5-6H,1H3. The Bertz CT molecular complexity index is 59.8. The molecule has 0 heterocycles. The Hall–Kier alpha value is 0.240. The van der Waals surface area contributed by atoms with Crippen molar-refractivity contribution in [1.82, 2.24) is 0 Å². The summed E-state index contributed by atoms with van der Waals surface area (Å²) in [6.07, 6.45) is 0. The average molecular weight is 122 g/mol. The van der Waals surface area contributed by atoms with Gasteiger partial charge in [-0.15, -0.1) is 25.3 Å². The van der Waals surface area contributed by atoms with Crippen LogP contribution in [-0.4, -0.2) is 7.11 Å². The maximum absolute atomic E-state index is 4.55. The Morgan fingerprint density at radius 1 is 1.83 bits per heavy atom. The van der Waals surface area contributed by atoms with Crippen LogP contribution in [-0.2, 0) is 4.74 Å². The molecule has 36 valence electrons. The summed E-state index contributed by atoms with van der Waals surface area (Å²) in [6, 6.07) is 0. The van der Waals surface area contributed by atoms with Crippen molar-refractivity contribution >= 4 is 25.3 Å². The van der Waals surface area contributed by atoms with Crippen molar-refractivity contribution in [3.05, 3.63) is 10.5 Å². The lowest BCUT2D eigenvalue weighted by Crippen LogP contribution is -1.69. The van der Waals surface area contributed by atoms with E-state index < -0.39 is 0 Å². The summed E-state index contributed by atoms with van der Waals surface area (Å²) in [7, 11) is 1.54. The van der Waals surface area contributed by atoms with Gasteiger partial charge in [0, 0.05) is 5.41 Å². The molecule has 1 nitrogen and oxygen atoms in total. The largest absolute Gasteiger partial charge is 0.490 e. The van der Waals surface area contributed by atoms with Crippen LogP contribution in [0.3, 0.4) is 0 Å². The van der Waals surface area contributed by atoms with Crippen LogP contribution < -0.4 is 0 Å². The third-order valence-corrected chi connectivity index (χ3v) is 1.07. The van der Waals surface area contributed by atoms with Gasteiger partial charge in [-0.25, -0.2) is 0 Å². The van der Waals surface area contributed by atoms with E-state index in [1.807, 2.05) is 0 Å². The molecule has 0 amide bonds. The fourth-order valence-electron chi connectivity index (χ4n) is 0.0527. The molecular weight excluding hydrogens is 116 g/mol. The number of hydrogen-bond acceptors (Lipinski definition) is 3. The first-order chi connectivity index (χ1) is 2.81. The number of methoxy groups -OCH3 is 1. The smallest absolute Gasteiger partial charge is 0.155 e. The summed E-state index contributed by atoms with van der Waals surface area (Å²) in [4.78, 5) is 0. The second-order valence-electron chi connectivity index (χ2n) is 0.671. The van der Waals surface area contributed by atoms with Gasteiger partial charge in [0.1, 0.15) is 0 Å². The van der Waals surface area contributed by atoms with E-state index >= 15 is 0 Å². The minimum absolute atomic E-state index is 0.526. The Morgan fingerprint density at radius 3 is 2.33 bits per heavy atom. The fourth-order valence-corrected chi connectivity index (χ4v) is 0.158. The number of rotatable bonds is 1. The van der Waals surface area contributed by atoms with E-state index in [2.05, 4.69) is 30.0 Å². The first kappa shape index (κ1) is 6.24. The molecule has 3 heteroatoms. The molecule has 0 aliphatic heterocycles. The fraction of sp³-hybridized carbons (Fsp3) is 0.333. The molecule has 0 aliphatic rings. The van der Waals surface area contributed by atoms with Crippen LogP contribution in [0.1, 0.15) is 0 Å². The molecule has 0 aromatic heterocycles. The van der Waals surface area contributed by atoms with Gasteiger partial charge < -0.3 is 4.74 Å². The van der Waals surface area contributed by atoms with Gasteiger partial charge in [-0.2, -0.15) is 0 Å². The predicted octanol–water partition coefficient (Wildman–Crippen LogP) is 1.29. The van der Waals surface area contributed by atoms with E-state index in [0.29, 0.717) is 5.09 Å². The molecule has 0 spiro atoms. The van der Waals surface area contributed by atoms with Gasteiger partial charge in [-0.05, 0) is 0 Å². The highest BCUT2D eigenvalue weighted by molar-refractivity contribution is 7.87. The van der Waals surface area contributed by atoms with Crippen LogP contribution in [0.25, 0.3) is 0 Å². The molecule has 0 atom stereocenters. The summed E-state index contributed by atoms with van der Waals surface area (Å²) >= 11 is 7.52. The molecule has 0 aromatic carbocycles. The Labute approximate surface area is 48.2 Å². The SMILES string of the molecule is COC(S)=CS. The Morgan fingerprint density at radius 2 is 2.33 bits per heavy atom. The molecule has 0 N–H and O–H groups in total. The van der Waals surface area contributed by atoms with E-state index in [4.69, 9.17) is 0 Å². The van der Waals surface area contributed by atoms with E-state index in [1.54, 1.807) is 0 Å². The summed E-state index contributed by atoms with van der Waals surface area (Å²) in [5, 5.41) is 2.00. The second kappa shape index (κ2) is 3.43. The molecule has 0 rings (SSSR count).